The molecule has 8 nitrogen and oxygen atoms in total. The number of anilines is 3. The molecule has 0 bridgehead atoms. The highest BCUT2D eigenvalue weighted by molar-refractivity contribution is 6.43. The van der Waals surface area contributed by atoms with Gasteiger partial charge in [0.15, 0.2) is 0 Å². The maximum atomic E-state index is 12.4. The van der Waals surface area contributed by atoms with Crippen LogP contribution in [0, 0.1) is 6.92 Å². The fourth-order valence-electron chi connectivity index (χ4n) is 3.31. The van der Waals surface area contributed by atoms with Crippen molar-refractivity contribution in [1.29, 1.82) is 0 Å². The van der Waals surface area contributed by atoms with Crippen LogP contribution in [0.1, 0.15) is 24.8 Å². The van der Waals surface area contributed by atoms with Gasteiger partial charge in [-0.25, -0.2) is 0 Å². The average Bonchev–Trinajstić information content (AvgIpc) is 2.75. The number of hydrogen-bond donors (Lipinski definition) is 2. The summed E-state index contributed by atoms with van der Waals surface area (Å²) < 4.78 is 10.4. The number of nitrogens with one attached hydrogen (secondary N) is 2. The Balaban J connectivity index is 1.72. The molecule has 2 aromatic rings. The third kappa shape index (κ3) is 4.71. The van der Waals surface area contributed by atoms with Crippen molar-refractivity contribution in [3.8, 4) is 11.5 Å². The summed E-state index contributed by atoms with van der Waals surface area (Å²) in [7, 11) is 2.98. The van der Waals surface area contributed by atoms with Gasteiger partial charge in [0.2, 0.25) is 5.91 Å². The van der Waals surface area contributed by atoms with Crippen molar-refractivity contribution >= 4 is 34.8 Å². The summed E-state index contributed by atoms with van der Waals surface area (Å²) in [5.74, 6) is -0.662. The maximum Gasteiger partial charge on any atom is 0.314 e. The molecule has 0 aromatic heterocycles. The summed E-state index contributed by atoms with van der Waals surface area (Å²) in [6, 6.07) is 10.1. The molecule has 1 fully saturated rings. The van der Waals surface area contributed by atoms with E-state index in [4.69, 9.17) is 9.47 Å². The molecule has 3 amide bonds. The molecule has 0 unspecified atom stereocenters. The van der Waals surface area contributed by atoms with Crippen molar-refractivity contribution in [2.45, 2.75) is 26.2 Å². The van der Waals surface area contributed by atoms with Crippen LogP contribution in [-0.2, 0) is 14.4 Å². The molecule has 3 rings (SSSR count). The van der Waals surface area contributed by atoms with Crippen molar-refractivity contribution in [2.75, 3.05) is 36.3 Å². The Labute approximate surface area is 175 Å². The molecule has 158 valence electrons. The minimum absolute atomic E-state index is 0.0668. The van der Waals surface area contributed by atoms with Gasteiger partial charge >= 0.3 is 11.8 Å². The Morgan fingerprint density at radius 2 is 1.73 bits per heavy atom. The number of piperidine rings is 1. The van der Waals surface area contributed by atoms with Crippen LogP contribution in [0.2, 0.25) is 0 Å². The van der Waals surface area contributed by atoms with Crippen LogP contribution in [0.25, 0.3) is 0 Å². The number of rotatable bonds is 5. The van der Waals surface area contributed by atoms with Crippen LogP contribution in [0.4, 0.5) is 17.1 Å². The first-order valence-electron chi connectivity index (χ1n) is 9.68. The first kappa shape index (κ1) is 21.2. The lowest BCUT2D eigenvalue weighted by Crippen LogP contribution is -2.35. The first-order chi connectivity index (χ1) is 14.4. The van der Waals surface area contributed by atoms with Gasteiger partial charge in [-0.15, -0.1) is 0 Å². The predicted octanol–water partition coefficient (Wildman–Crippen LogP) is 3.11. The van der Waals surface area contributed by atoms with Gasteiger partial charge in [0.1, 0.15) is 11.5 Å². The highest BCUT2D eigenvalue weighted by Crippen LogP contribution is 2.30. The molecule has 0 saturated carbocycles. The number of methoxy groups -OCH3 is 2. The molecular weight excluding hydrogens is 386 g/mol. The smallest absolute Gasteiger partial charge is 0.314 e. The Morgan fingerprint density at radius 3 is 2.43 bits per heavy atom. The number of aryl methyl sites for hydroxylation is 1. The molecule has 1 aliphatic heterocycles. The SMILES string of the molecule is COc1ccc(NC(=O)C(=O)Nc2ccc(C)c(N3CCCCC3=O)c2)c(OC)c1. The van der Waals surface area contributed by atoms with Crippen LogP contribution < -0.4 is 25.0 Å². The standard InChI is InChI=1S/C22H25N3O5/c1-14-7-8-15(12-18(14)25-11-5-4-6-20(25)26)23-21(27)22(28)24-17-10-9-16(29-2)13-19(17)30-3/h7-10,12-13H,4-6,11H2,1-3H3,(H,23,27)(H,24,28). The summed E-state index contributed by atoms with van der Waals surface area (Å²) >= 11 is 0. The van der Waals surface area contributed by atoms with Gasteiger partial charge in [-0.3, -0.25) is 14.4 Å². The largest absolute Gasteiger partial charge is 0.497 e. The zero-order valence-electron chi connectivity index (χ0n) is 17.3. The second-order valence-electron chi connectivity index (χ2n) is 6.98. The summed E-state index contributed by atoms with van der Waals surface area (Å²) in [5.41, 5.74) is 2.46. The lowest BCUT2D eigenvalue weighted by molar-refractivity contribution is -0.133. The van der Waals surface area contributed by atoms with Crippen LogP contribution in [0.15, 0.2) is 36.4 Å². The van der Waals surface area contributed by atoms with Gasteiger partial charge in [-0.1, -0.05) is 6.07 Å². The van der Waals surface area contributed by atoms with Crippen LogP contribution in [-0.4, -0.2) is 38.5 Å². The fourth-order valence-corrected chi connectivity index (χ4v) is 3.31. The van der Waals surface area contributed by atoms with E-state index in [0.717, 1.165) is 24.1 Å². The molecular formula is C22H25N3O5. The van der Waals surface area contributed by atoms with Gasteiger partial charge in [0, 0.05) is 30.4 Å². The molecule has 2 aromatic carbocycles. The van der Waals surface area contributed by atoms with Crippen molar-refractivity contribution in [1.82, 2.24) is 0 Å². The lowest BCUT2D eigenvalue weighted by atomic mass is 10.1. The highest BCUT2D eigenvalue weighted by Gasteiger charge is 2.22. The molecule has 2 N–H and O–H groups in total. The van der Waals surface area contributed by atoms with Crippen molar-refractivity contribution < 1.29 is 23.9 Å². The van der Waals surface area contributed by atoms with E-state index in [1.807, 2.05) is 13.0 Å². The highest BCUT2D eigenvalue weighted by atomic mass is 16.5. The minimum atomic E-state index is -0.838. The van der Waals surface area contributed by atoms with Crippen molar-refractivity contribution in [3.05, 3.63) is 42.0 Å². The Hall–Kier alpha value is -3.55. The summed E-state index contributed by atoms with van der Waals surface area (Å²) in [6.07, 6.45) is 2.34. The van der Waals surface area contributed by atoms with Gasteiger partial charge in [0.25, 0.3) is 0 Å². The average molecular weight is 411 g/mol. The normalized spacial score (nSPS) is 13.6. The zero-order chi connectivity index (χ0) is 21.7. The number of carbonyl (C=O) groups is 3. The Kier molecular flexibility index (Phi) is 6.56. The fraction of sp³-hybridized carbons (Fsp3) is 0.318. The van der Waals surface area contributed by atoms with Gasteiger partial charge in [0.05, 0.1) is 19.9 Å². The van der Waals surface area contributed by atoms with Crippen LogP contribution in [0.3, 0.4) is 0 Å². The van der Waals surface area contributed by atoms with Gasteiger partial charge in [-0.2, -0.15) is 0 Å². The maximum absolute atomic E-state index is 12.4. The third-order valence-corrected chi connectivity index (χ3v) is 4.94. The van der Waals surface area contributed by atoms with E-state index in [-0.39, 0.29) is 5.91 Å². The molecule has 0 spiro atoms. The quantitative estimate of drug-likeness (QED) is 0.737. The molecule has 0 radical (unpaired) electrons. The van der Waals surface area contributed by atoms with E-state index in [0.29, 0.717) is 35.8 Å². The number of amides is 3. The van der Waals surface area contributed by atoms with Gasteiger partial charge < -0.3 is 25.0 Å². The van der Waals surface area contributed by atoms with Crippen molar-refractivity contribution in [3.63, 3.8) is 0 Å². The Bertz CT molecular complexity index is 973. The number of nitrogens with zero attached hydrogens (tertiary/aromatic N) is 1. The Morgan fingerprint density at radius 1 is 0.967 bits per heavy atom. The summed E-state index contributed by atoms with van der Waals surface area (Å²) in [5, 5.41) is 5.12. The van der Waals surface area contributed by atoms with Gasteiger partial charge in [-0.05, 0) is 49.6 Å². The topological polar surface area (TPSA) is 97.0 Å². The zero-order valence-corrected chi connectivity index (χ0v) is 17.3. The van der Waals surface area contributed by atoms with Crippen LogP contribution in [0.5, 0.6) is 11.5 Å². The number of hydrogen-bond acceptors (Lipinski definition) is 5. The monoisotopic (exact) mass is 411 g/mol. The first-order valence-corrected chi connectivity index (χ1v) is 9.68. The van der Waals surface area contributed by atoms with E-state index in [1.54, 1.807) is 35.2 Å². The predicted molar refractivity (Wildman–Crippen MR) is 114 cm³/mol. The lowest BCUT2D eigenvalue weighted by Gasteiger charge is -2.28. The van der Waals surface area contributed by atoms with E-state index in [2.05, 4.69) is 10.6 Å². The van der Waals surface area contributed by atoms with E-state index < -0.39 is 11.8 Å². The van der Waals surface area contributed by atoms with E-state index in [9.17, 15) is 14.4 Å². The number of benzene rings is 2. The molecule has 1 aliphatic rings. The molecule has 8 heteroatoms. The molecule has 0 aliphatic carbocycles. The molecule has 1 heterocycles. The molecule has 0 atom stereocenters. The second-order valence-corrected chi connectivity index (χ2v) is 6.98. The van der Waals surface area contributed by atoms with E-state index >= 15 is 0 Å². The second kappa shape index (κ2) is 9.30. The summed E-state index contributed by atoms with van der Waals surface area (Å²) in [4.78, 5) is 38.8. The summed E-state index contributed by atoms with van der Waals surface area (Å²) in [6.45, 7) is 2.56. The molecule has 1 saturated heterocycles. The third-order valence-electron chi connectivity index (χ3n) is 4.94. The number of ether oxygens (including phenoxy) is 2. The van der Waals surface area contributed by atoms with Crippen LogP contribution >= 0.6 is 0 Å². The van der Waals surface area contributed by atoms with E-state index in [1.165, 1.54) is 14.2 Å². The van der Waals surface area contributed by atoms with Crippen molar-refractivity contribution in [2.24, 2.45) is 0 Å². The minimum Gasteiger partial charge on any atom is -0.497 e. The number of carbonyl (C=O) groups excluding carboxylic acids is 3. The molecule has 30 heavy (non-hydrogen) atoms.